The molecule has 25 heavy (non-hydrogen) atoms. The van der Waals surface area contributed by atoms with Crippen LogP contribution in [0.3, 0.4) is 0 Å². The Bertz CT molecular complexity index is 744. The SMILES string of the molecule is COc1ccc(CNC(=O)Nc2ccc(NC(C)=O)cc2)cc1OC. The molecule has 3 amide bonds. The first-order valence-electron chi connectivity index (χ1n) is 7.65. The summed E-state index contributed by atoms with van der Waals surface area (Å²) in [5, 5.41) is 8.15. The van der Waals surface area contributed by atoms with Gasteiger partial charge in [0.05, 0.1) is 14.2 Å². The molecule has 0 saturated carbocycles. The van der Waals surface area contributed by atoms with Crippen molar-refractivity contribution < 1.29 is 19.1 Å². The minimum Gasteiger partial charge on any atom is -0.493 e. The Labute approximate surface area is 146 Å². The number of ether oxygens (including phenoxy) is 2. The Balaban J connectivity index is 1.89. The van der Waals surface area contributed by atoms with Gasteiger partial charge in [0.1, 0.15) is 0 Å². The Hall–Kier alpha value is -3.22. The van der Waals surface area contributed by atoms with Gasteiger partial charge in [-0.15, -0.1) is 0 Å². The number of rotatable bonds is 6. The number of benzene rings is 2. The molecular formula is C18H21N3O4. The third kappa shape index (κ3) is 5.42. The molecule has 0 atom stereocenters. The Morgan fingerprint density at radius 3 is 2.04 bits per heavy atom. The molecule has 0 unspecified atom stereocenters. The third-order valence-electron chi connectivity index (χ3n) is 3.36. The van der Waals surface area contributed by atoms with Crippen LogP contribution >= 0.6 is 0 Å². The van der Waals surface area contributed by atoms with E-state index in [2.05, 4.69) is 16.0 Å². The Kier molecular flexibility index (Phi) is 6.22. The first-order valence-corrected chi connectivity index (χ1v) is 7.65. The second-order valence-corrected chi connectivity index (χ2v) is 5.26. The van der Waals surface area contributed by atoms with Crippen LogP contribution in [0, 0.1) is 0 Å². The fourth-order valence-electron chi connectivity index (χ4n) is 2.19. The fraction of sp³-hybridized carbons (Fsp3) is 0.222. The van der Waals surface area contributed by atoms with Crippen LogP contribution in [0.4, 0.5) is 16.2 Å². The summed E-state index contributed by atoms with van der Waals surface area (Å²) in [4.78, 5) is 23.0. The van der Waals surface area contributed by atoms with Gasteiger partial charge >= 0.3 is 6.03 Å². The minimum atomic E-state index is -0.331. The molecule has 0 radical (unpaired) electrons. The highest BCUT2D eigenvalue weighted by atomic mass is 16.5. The predicted octanol–water partition coefficient (Wildman–Crippen LogP) is 2.98. The predicted molar refractivity (Wildman–Crippen MR) is 96.2 cm³/mol. The summed E-state index contributed by atoms with van der Waals surface area (Å²) < 4.78 is 10.4. The van der Waals surface area contributed by atoms with Gasteiger partial charge < -0.3 is 25.4 Å². The van der Waals surface area contributed by atoms with E-state index in [4.69, 9.17) is 9.47 Å². The van der Waals surface area contributed by atoms with Gasteiger partial charge in [0.2, 0.25) is 5.91 Å². The van der Waals surface area contributed by atoms with E-state index in [1.54, 1.807) is 50.6 Å². The quantitative estimate of drug-likeness (QED) is 0.752. The van der Waals surface area contributed by atoms with E-state index < -0.39 is 0 Å². The van der Waals surface area contributed by atoms with E-state index >= 15 is 0 Å². The summed E-state index contributed by atoms with van der Waals surface area (Å²) in [6.45, 7) is 1.78. The molecule has 0 aliphatic heterocycles. The van der Waals surface area contributed by atoms with E-state index in [0.717, 1.165) is 5.56 Å². The summed E-state index contributed by atoms with van der Waals surface area (Å²) in [5.41, 5.74) is 2.18. The molecule has 0 aliphatic carbocycles. The number of amides is 3. The number of methoxy groups -OCH3 is 2. The molecule has 0 heterocycles. The van der Waals surface area contributed by atoms with Crippen molar-refractivity contribution >= 4 is 23.3 Å². The molecule has 2 aromatic carbocycles. The van der Waals surface area contributed by atoms with Crippen molar-refractivity contribution in [3.05, 3.63) is 48.0 Å². The fourth-order valence-corrected chi connectivity index (χ4v) is 2.19. The number of carbonyl (C=O) groups excluding carboxylic acids is 2. The molecule has 0 saturated heterocycles. The van der Waals surface area contributed by atoms with Gasteiger partial charge in [-0.2, -0.15) is 0 Å². The van der Waals surface area contributed by atoms with Crippen LogP contribution in [0.5, 0.6) is 11.5 Å². The van der Waals surface area contributed by atoms with Gasteiger partial charge in [-0.3, -0.25) is 4.79 Å². The first-order chi connectivity index (χ1) is 12.0. The average molecular weight is 343 g/mol. The number of nitrogens with one attached hydrogen (secondary N) is 3. The molecule has 7 heteroatoms. The summed E-state index contributed by atoms with van der Waals surface area (Å²) in [7, 11) is 3.13. The zero-order valence-electron chi connectivity index (χ0n) is 14.4. The highest BCUT2D eigenvalue weighted by Crippen LogP contribution is 2.27. The average Bonchev–Trinajstić information content (AvgIpc) is 2.61. The molecule has 132 valence electrons. The normalized spacial score (nSPS) is 9.88. The molecule has 3 N–H and O–H groups in total. The number of anilines is 2. The van der Waals surface area contributed by atoms with Crippen LogP contribution in [0.25, 0.3) is 0 Å². The first kappa shape index (κ1) is 18.1. The second-order valence-electron chi connectivity index (χ2n) is 5.26. The lowest BCUT2D eigenvalue weighted by Gasteiger charge is -2.11. The molecular weight excluding hydrogens is 322 g/mol. The van der Waals surface area contributed by atoms with Crippen molar-refractivity contribution in [3.8, 4) is 11.5 Å². The van der Waals surface area contributed by atoms with E-state index in [9.17, 15) is 9.59 Å². The monoisotopic (exact) mass is 343 g/mol. The van der Waals surface area contributed by atoms with Crippen LogP contribution in [0.1, 0.15) is 12.5 Å². The highest BCUT2D eigenvalue weighted by Gasteiger charge is 2.06. The van der Waals surface area contributed by atoms with Crippen LogP contribution in [0.2, 0.25) is 0 Å². The molecule has 0 aliphatic rings. The van der Waals surface area contributed by atoms with Gasteiger partial charge in [0, 0.05) is 24.8 Å². The van der Waals surface area contributed by atoms with Crippen LogP contribution < -0.4 is 25.4 Å². The van der Waals surface area contributed by atoms with Gasteiger partial charge in [-0.1, -0.05) is 6.07 Å². The zero-order valence-corrected chi connectivity index (χ0v) is 14.4. The maximum absolute atomic E-state index is 12.0. The van der Waals surface area contributed by atoms with E-state index in [1.165, 1.54) is 6.92 Å². The lowest BCUT2D eigenvalue weighted by Crippen LogP contribution is -2.28. The van der Waals surface area contributed by atoms with Gasteiger partial charge in [-0.05, 0) is 42.0 Å². The molecule has 0 bridgehead atoms. The molecule has 2 aromatic rings. The molecule has 0 aromatic heterocycles. The summed E-state index contributed by atoms with van der Waals surface area (Å²) in [6, 6.07) is 12.0. The second kappa shape index (κ2) is 8.58. The molecule has 0 fully saturated rings. The van der Waals surface area contributed by atoms with Gasteiger partial charge in [-0.25, -0.2) is 4.79 Å². The highest BCUT2D eigenvalue weighted by molar-refractivity contribution is 5.91. The smallest absolute Gasteiger partial charge is 0.319 e. The largest absolute Gasteiger partial charge is 0.493 e. The summed E-state index contributed by atoms with van der Waals surface area (Å²) in [6.07, 6.45) is 0. The van der Waals surface area contributed by atoms with Crippen LogP contribution in [0.15, 0.2) is 42.5 Å². The van der Waals surface area contributed by atoms with E-state index in [1.807, 2.05) is 6.07 Å². The Morgan fingerprint density at radius 1 is 0.880 bits per heavy atom. The van der Waals surface area contributed by atoms with Crippen LogP contribution in [-0.2, 0) is 11.3 Å². The van der Waals surface area contributed by atoms with Crippen molar-refractivity contribution in [3.63, 3.8) is 0 Å². The summed E-state index contributed by atoms with van der Waals surface area (Å²) >= 11 is 0. The molecule has 2 rings (SSSR count). The van der Waals surface area contributed by atoms with E-state index in [0.29, 0.717) is 29.4 Å². The lowest BCUT2D eigenvalue weighted by atomic mass is 10.2. The summed E-state index contributed by atoms with van der Waals surface area (Å²) in [5.74, 6) is 1.10. The minimum absolute atomic E-state index is 0.145. The molecule has 0 spiro atoms. The zero-order chi connectivity index (χ0) is 18.2. The van der Waals surface area contributed by atoms with Crippen molar-refractivity contribution in [1.82, 2.24) is 5.32 Å². The topological polar surface area (TPSA) is 88.7 Å². The van der Waals surface area contributed by atoms with Gasteiger partial charge in [0.25, 0.3) is 0 Å². The van der Waals surface area contributed by atoms with Gasteiger partial charge in [0.15, 0.2) is 11.5 Å². The van der Waals surface area contributed by atoms with Crippen molar-refractivity contribution in [2.24, 2.45) is 0 Å². The molecule has 7 nitrogen and oxygen atoms in total. The number of urea groups is 1. The Morgan fingerprint density at radius 2 is 1.48 bits per heavy atom. The maximum Gasteiger partial charge on any atom is 0.319 e. The van der Waals surface area contributed by atoms with Crippen LogP contribution in [-0.4, -0.2) is 26.2 Å². The number of hydrogen-bond donors (Lipinski definition) is 3. The standard InChI is InChI=1S/C18H21N3O4/c1-12(22)20-14-5-7-15(8-6-14)21-18(23)19-11-13-4-9-16(24-2)17(10-13)25-3/h4-10H,11H2,1-3H3,(H,20,22)(H2,19,21,23). The van der Waals surface area contributed by atoms with Crippen molar-refractivity contribution in [2.75, 3.05) is 24.9 Å². The maximum atomic E-state index is 12.0. The van der Waals surface area contributed by atoms with Crippen molar-refractivity contribution in [2.45, 2.75) is 13.5 Å². The third-order valence-corrected chi connectivity index (χ3v) is 3.36. The van der Waals surface area contributed by atoms with Crippen molar-refractivity contribution in [1.29, 1.82) is 0 Å². The number of hydrogen-bond acceptors (Lipinski definition) is 4. The number of carbonyl (C=O) groups is 2. The lowest BCUT2D eigenvalue weighted by molar-refractivity contribution is -0.114. The van der Waals surface area contributed by atoms with E-state index in [-0.39, 0.29) is 11.9 Å².